The van der Waals surface area contributed by atoms with Crippen molar-refractivity contribution in [2.45, 2.75) is 43.9 Å². The topological polar surface area (TPSA) is 35.2 Å². The lowest BCUT2D eigenvalue weighted by molar-refractivity contribution is 0.0853. The first-order chi connectivity index (χ1) is 8.88. The number of benzene rings is 1. The summed E-state index contributed by atoms with van der Waals surface area (Å²) in [4.78, 5) is 0. The fourth-order valence-electron chi connectivity index (χ4n) is 3.46. The molecule has 1 aliphatic heterocycles. The van der Waals surface area contributed by atoms with Crippen LogP contribution in [0.25, 0.3) is 0 Å². The molecule has 1 heterocycles. The SMILES string of the molecule is NCC1CCCc2cc(C3CCOCC3)ccc21. The van der Waals surface area contributed by atoms with Crippen LogP contribution >= 0.6 is 0 Å². The molecule has 1 fully saturated rings. The van der Waals surface area contributed by atoms with Gasteiger partial charge in [-0.2, -0.15) is 0 Å². The van der Waals surface area contributed by atoms with Gasteiger partial charge in [-0.15, -0.1) is 0 Å². The molecule has 3 rings (SSSR count). The minimum absolute atomic E-state index is 0.595. The lowest BCUT2D eigenvalue weighted by atomic mass is 9.80. The van der Waals surface area contributed by atoms with Gasteiger partial charge in [-0.3, -0.25) is 0 Å². The Hall–Kier alpha value is -0.860. The molecule has 18 heavy (non-hydrogen) atoms. The second-order valence-corrected chi connectivity index (χ2v) is 5.67. The minimum atomic E-state index is 0.595. The summed E-state index contributed by atoms with van der Waals surface area (Å²) in [6, 6.07) is 7.13. The minimum Gasteiger partial charge on any atom is -0.381 e. The zero-order chi connectivity index (χ0) is 12.4. The van der Waals surface area contributed by atoms with Crippen LogP contribution in [0.1, 0.15) is 54.2 Å². The molecule has 0 radical (unpaired) electrons. The van der Waals surface area contributed by atoms with E-state index in [1.165, 1.54) is 43.2 Å². The molecule has 1 aromatic carbocycles. The molecule has 98 valence electrons. The number of hydrogen-bond acceptors (Lipinski definition) is 2. The Morgan fingerprint density at radius 1 is 1.17 bits per heavy atom. The summed E-state index contributed by atoms with van der Waals surface area (Å²) in [6.07, 6.45) is 6.16. The lowest BCUT2D eigenvalue weighted by Gasteiger charge is -2.27. The first-order valence-corrected chi connectivity index (χ1v) is 7.29. The zero-order valence-corrected chi connectivity index (χ0v) is 11.0. The second kappa shape index (κ2) is 5.41. The Morgan fingerprint density at radius 2 is 2.00 bits per heavy atom. The average Bonchev–Trinajstić information content (AvgIpc) is 2.47. The van der Waals surface area contributed by atoms with Crippen LogP contribution in [0.15, 0.2) is 18.2 Å². The molecule has 2 nitrogen and oxygen atoms in total. The molecule has 0 saturated carbocycles. The van der Waals surface area contributed by atoms with Crippen LogP contribution in [-0.2, 0) is 11.2 Å². The van der Waals surface area contributed by atoms with E-state index in [4.69, 9.17) is 10.5 Å². The van der Waals surface area contributed by atoms with Crippen molar-refractivity contribution in [1.82, 2.24) is 0 Å². The van der Waals surface area contributed by atoms with Gasteiger partial charge in [0.25, 0.3) is 0 Å². The largest absolute Gasteiger partial charge is 0.381 e. The second-order valence-electron chi connectivity index (χ2n) is 5.67. The van der Waals surface area contributed by atoms with Crippen molar-refractivity contribution in [3.05, 3.63) is 34.9 Å². The van der Waals surface area contributed by atoms with Gasteiger partial charge in [0.1, 0.15) is 0 Å². The molecule has 0 bridgehead atoms. The third kappa shape index (κ3) is 2.32. The maximum Gasteiger partial charge on any atom is 0.0471 e. The molecule has 1 aliphatic carbocycles. The molecule has 1 aromatic rings. The number of nitrogens with two attached hydrogens (primary N) is 1. The van der Waals surface area contributed by atoms with Gasteiger partial charge in [-0.05, 0) is 67.2 Å². The predicted molar refractivity (Wildman–Crippen MR) is 74.0 cm³/mol. The summed E-state index contributed by atoms with van der Waals surface area (Å²) in [5, 5.41) is 0. The van der Waals surface area contributed by atoms with E-state index in [0.29, 0.717) is 11.8 Å². The first kappa shape index (κ1) is 12.2. The number of hydrogen-bond donors (Lipinski definition) is 1. The van der Waals surface area contributed by atoms with Crippen LogP contribution in [0.3, 0.4) is 0 Å². The highest BCUT2D eigenvalue weighted by atomic mass is 16.5. The number of rotatable bonds is 2. The van der Waals surface area contributed by atoms with Gasteiger partial charge >= 0.3 is 0 Å². The van der Waals surface area contributed by atoms with Crippen LogP contribution in [0.2, 0.25) is 0 Å². The number of aryl methyl sites for hydroxylation is 1. The zero-order valence-electron chi connectivity index (χ0n) is 11.0. The Morgan fingerprint density at radius 3 is 2.78 bits per heavy atom. The van der Waals surface area contributed by atoms with E-state index in [2.05, 4.69) is 18.2 Å². The van der Waals surface area contributed by atoms with Gasteiger partial charge in [0.2, 0.25) is 0 Å². The lowest BCUT2D eigenvalue weighted by Crippen LogP contribution is -2.19. The fraction of sp³-hybridized carbons (Fsp3) is 0.625. The van der Waals surface area contributed by atoms with Crippen LogP contribution in [-0.4, -0.2) is 19.8 Å². The third-order valence-electron chi connectivity index (χ3n) is 4.58. The molecule has 0 aromatic heterocycles. The van der Waals surface area contributed by atoms with Crippen molar-refractivity contribution in [2.75, 3.05) is 19.8 Å². The third-order valence-corrected chi connectivity index (χ3v) is 4.58. The summed E-state index contributed by atoms with van der Waals surface area (Å²) in [5.74, 6) is 1.31. The molecule has 0 spiro atoms. The maximum absolute atomic E-state index is 5.88. The summed E-state index contributed by atoms with van der Waals surface area (Å²) < 4.78 is 5.45. The van der Waals surface area contributed by atoms with E-state index in [0.717, 1.165) is 19.8 Å². The Bertz CT molecular complexity index is 410. The van der Waals surface area contributed by atoms with Crippen LogP contribution in [0.4, 0.5) is 0 Å². The Kier molecular flexibility index (Phi) is 3.67. The molecule has 2 heteroatoms. The molecular formula is C16H23NO. The smallest absolute Gasteiger partial charge is 0.0471 e. The monoisotopic (exact) mass is 245 g/mol. The Balaban J connectivity index is 1.85. The average molecular weight is 245 g/mol. The van der Waals surface area contributed by atoms with Crippen LogP contribution in [0.5, 0.6) is 0 Å². The highest BCUT2D eigenvalue weighted by Gasteiger charge is 2.21. The Labute approximate surface area is 110 Å². The predicted octanol–water partition coefficient (Wildman–Crippen LogP) is 2.96. The molecule has 2 aliphatic rings. The maximum atomic E-state index is 5.88. The van der Waals surface area contributed by atoms with Crippen LogP contribution in [0, 0.1) is 0 Å². The van der Waals surface area contributed by atoms with Gasteiger partial charge in [0, 0.05) is 13.2 Å². The number of ether oxygens (including phenoxy) is 1. The van der Waals surface area contributed by atoms with Crippen molar-refractivity contribution in [1.29, 1.82) is 0 Å². The summed E-state index contributed by atoms with van der Waals surface area (Å²) in [5.41, 5.74) is 10.5. The molecule has 0 amide bonds. The van der Waals surface area contributed by atoms with E-state index >= 15 is 0 Å². The highest BCUT2D eigenvalue weighted by Crippen LogP contribution is 2.34. The first-order valence-electron chi connectivity index (χ1n) is 7.29. The molecule has 1 saturated heterocycles. The standard InChI is InChI=1S/C16H23NO/c17-11-15-3-1-2-14-10-13(4-5-16(14)15)12-6-8-18-9-7-12/h4-5,10,12,15H,1-3,6-9,11,17H2. The van der Waals surface area contributed by atoms with Gasteiger partial charge in [0.05, 0.1) is 0 Å². The van der Waals surface area contributed by atoms with Gasteiger partial charge in [0.15, 0.2) is 0 Å². The fourth-order valence-corrected chi connectivity index (χ4v) is 3.46. The van der Waals surface area contributed by atoms with Crippen molar-refractivity contribution >= 4 is 0 Å². The molecule has 2 N–H and O–H groups in total. The number of fused-ring (bicyclic) bond motifs is 1. The van der Waals surface area contributed by atoms with E-state index in [9.17, 15) is 0 Å². The van der Waals surface area contributed by atoms with Crippen molar-refractivity contribution < 1.29 is 4.74 Å². The summed E-state index contributed by atoms with van der Waals surface area (Å²) in [6.45, 7) is 2.64. The quantitative estimate of drug-likeness (QED) is 0.869. The summed E-state index contributed by atoms with van der Waals surface area (Å²) >= 11 is 0. The molecule has 1 atom stereocenters. The van der Waals surface area contributed by atoms with Gasteiger partial charge in [-0.1, -0.05) is 18.2 Å². The van der Waals surface area contributed by atoms with Crippen LogP contribution < -0.4 is 5.73 Å². The van der Waals surface area contributed by atoms with Crippen molar-refractivity contribution in [2.24, 2.45) is 5.73 Å². The molecular weight excluding hydrogens is 222 g/mol. The van der Waals surface area contributed by atoms with Crippen molar-refractivity contribution in [3.8, 4) is 0 Å². The van der Waals surface area contributed by atoms with E-state index in [-0.39, 0.29) is 0 Å². The van der Waals surface area contributed by atoms with Gasteiger partial charge in [-0.25, -0.2) is 0 Å². The van der Waals surface area contributed by atoms with E-state index in [1.54, 1.807) is 5.56 Å². The van der Waals surface area contributed by atoms with Crippen molar-refractivity contribution in [3.63, 3.8) is 0 Å². The molecule has 1 unspecified atom stereocenters. The summed E-state index contributed by atoms with van der Waals surface area (Å²) in [7, 11) is 0. The van der Waals surface area contributed by atoms with Gasteiger partial charge < -0.3 is 10.5 Å². The normalized spacial score (nSPS) is 24.8. The van der Waals surface area contributed by atoms with E-state index in [1.807, 2.05) is 0 Å². The highest BCUT2D eigenvalue weighted by molar-refractivity contribution is 5.38. The van der Waals surface area contributed by atoms with E-state index < -0.39 is 0 Å².